The molecule has 2 atom stereocenters. The van der Waals surface area contributed by atoms with Crippen LogP contribution in [-0.2, 0) is 4.79 Å². The van der Waals surface area contributed by atoms with Gasteiger partial charge < -0.3 is 10.3 Å². The molecule has 0 saturated heterocycles. The van der Waals surface area contributed by atoms with Gasteiger partial charge in [0.1, 0.15) is 11.6 Å². The van der Waals surface area contributed by atoms with Gasteiger partial charge in [0.05, 0.1) is 0 Å². The fourth-order valence-corrected chi connectivity index (χ4v) is 3.22. The third-order valence-corrected chi connectivity index (χ3v) is 5.11. The Hall–Kier alpha value is -2.69. The number of hydrogen-bond donors (Lipinski definition) is 2. The molecule has 0 aliphatic rings. The molecule has 1 aromatic heterocycles. The Kier molecular flexibility index (Phi) is 5.59. The maximum Gasteiger partial charge on any atom is 0.221 e. The summed E-state index contributed by atoms with van der Waals surface area (Å²) in [6.45, 7) is 6.01. The zero-order valence-corrected chi connectivity index (χ0v) is 15.7. The van der Waals surface area contributed by atoms with Crippen molar-refractivity contribution in [3.05, 3.63) is 71.4 Å². The van der Waals surface area contributed by atoms with Crippen LogP contribution in [0.15, 0.2) is 48.7 Å². The van der Waals surface area contributed by atoms with Crippen LogP contribution in [-0.4, -0.2) is 16.9 Å². The lowest BCUT2D eigenvalue weighted by Gasteiger charge is -2.21. The number of amides is 1. The molecule has 0 saturated carbocycles. The number of hydrogen-bond acceptors (Lipinski definition) is 1. The Morgan fingerprint density at radius 3 is 2.52 bits per heavy atom. The highest BCUT2D eigenvalue weighted by molar-refractivity contribution is 5.86. The number of carbonyl (C=O) groups excluding carboxylic acids is 1. The largest absolute Gasteiger partial charge is 0.361 e. The van der Waals surface area contributed by atoms with Gasteiger partial charge >= 0.3 is 0 Å². The molecule has 1 amide bonds. The van der Waals surface area contributed by atoms with Gasteiger partial charge in [-0.2, -0.15) is 0 Å². The molecule has 3 rings (SSSR count). The fraction of sp³-hybridized carbons (Fsp3) is 0.318. The summed E-state index contributed by atoms with van der Waals surface area (Å²) in [4.78, 5) is 15.8. The van der Waals surface area contributed by atoms with Crippen LogP contribution in [0.2, 0.25) is 0 Å². The second kappa shape index (κ2) is 7.91. The molecule has 0 radical (unpaired) electrons. The van der Waals surface area contributed by atoms with Crippen molar-refractivity contribution >= 4 is 16.8 Å². The van der Waals surface area contributed by atoms with E-state index < -0.39 is 17.6 Å². The van der Waals surface area contributed by atoms with E-state index in [0.29, 0.717) is 11.5 Å². The van der Waals surface area contributed by atoms with Gasteiger partial charge in [-0.3, -0.25) is 4.79 Å². The molecule has 27 heavy (non-hydrogen) atoms. The number of rotatable bonds is 6. The Morgan fingerprint density at radius 1 is 1.07 bits per heavy atom. The highest BCUT2D eigenvalue weighted by Gasteiger charge is 2.25. The molecule has 0 fully saturated rings. The number of H-pyrrole nitrogens is 1. The molecular formula is C22H24F2N2O. The third kappa shape index (κ3) is 4.18. The Labute approximate surface area is 157 Å². The maximum absolute atomic E-state index is 14.6. The van der Waals surface area contributed by atoms with Crippen molar-refractivity contribution in [3.8, 4) is 0 Å². The predicted octanol–water partition coefficient (Wildman–Crippen LogP) is 5.13. The van der Waals surface area contributed by atoms with E-state index in [9.17, 15) is 13.6 Å². The first-order valence-corrected chi connectivity index (χ1v) is 9.17. The topological polar surface area (TPSA) is 44.9 Å². The summed E-state index contributed by atoms with van der Waals surface area (Å²) in [5.74, 6) is -1.65. The van der Waals surface area contributed by atoms with E-state index in [-0.39, 0.29) is 18.4 Å². The Morgan fingerprint density at radius 2 is 1.81 bits per heavy atom. The van der Waals surface area contributed by atoms with Gasteiger partial charge in [0, 0.05) is 41.5 Å². The molecule has 0 aliphatic carbocycles. The van der Waals surface area contributed by atoms with Crippen LogP contribution in [0.25, 0.3) is 10.9 Å². The number of aromatic amines is 1. The van der Waals surface area contributed by atoms with Crippen molar-refractivity contribution in [2.75, 3.05) is 0 Å². The first-order chi connectivity index (χ1) is 12.9. The molecule has 1 heterocycles. The lowest BCUT2D eigenvalue weighted by atomic mass is 9.87. The molecule has 2 N–H and O–H groups in total. The first-order valence-electron chi connectivity index (χ1n) is 9.17. The SMILES string of the molecule is CC(C)[C@H](C)NC(=O)C[C@H](c1ccc(F)cc1F)c1c[nH]c2ccccc12. The molecule has 0 aliphatic heterocycles. The van der Waals surface area contributed by atoms with Gasteiger partial charge in [-0.15, -0.1) is 0 Å². The van der Waals surface area contributed by atoms with Crippen LogP contribution in [0.1, 0.15) is 44.2 Å². The minimum atomic E-state index is -0.644. The van der Waals surface area contributed by atoms with Crippen LogP contribution >= 0.6 is 0 Å². The molecule has 0 unspecified atom stereocenters. The van der Waals surface area contributed by atoms with Crippen LogP contribution < -0.4 is 5.32 Å². The molecule has 0 spiro atoms. The summed E-state index contributed by atoms with van der Waals surface area (Å²) in [7, 11) is 0. The Bertz CT molecular complexity index is 948. The lowest BCUT2D eigenvalue weighted by molar-refractivity contribution is -0.122. The summed E-state index contributed by atoms with van der Waals surface area (Å²) in [6.07, 6.45) is 1.89. The average Bonchev–Trinajstić information content (AvgIpc) is 3.04. The van der Waals surface area contributed by atoms with E-state index in [1.807, 2.05) is 45.0 Å². The van der Waals surface area contributed by atoms with Gasteiger partial charge in [0.15, 0.2) is 0 Å². The van der Waals surface area contributed by atoms with Gasteiger partial charge in [0.2, 0.25) is 5.91 Å². The summed E-state index contributed by atoms with van der Waals surface area (Å²) >= 11 is 0. The van der Waals surface area contributed by atoms with Crippen molar-refractivity contribution in [3.63, 3.8) is 0 Å². The minimum absolute atomic E-state index is 0.0131. The van der Waals surface area contributed by atoms with E-state index in [0.717, 1.165) is 22.5 Å². The zero-order chi connectivity index (χ0) is 19.6. The molecule has 5 heteroatoms. The summed E-state index contributed by atoms with van der Waals surface area (Å²) in [6, 6.07) is 11.2. The van der Waals surface area contributed by atoms with Crippen molar-refractivity contribution < 1.29 is 13.6 Å². The quantitative estimate of drug-likeness (QED) is 0.621. The Balaban J connectivity index is 2.00. The van der Waals surface area contributed by atoms with Crippen LogP contribution in [0.4, 0.5) is 8.78 Å². The van der Waals surface area contributed by atoms with E-state index in [1.165, 1.54) is 12.1 Å². The van der Waals surface area contributed by atoms with Crippen molar-refractivity contribution in [2.45, 2.75) is 39.2 Å². The average molecular weight is 370 g/mol. The van der Waals surface area contributed by atoms with Crippen molar-refractivity contribution in [1.82, 2.24) is 10.3 Å². The van der Waals surface area contributed by atoms with Crippen LogP contribution in [0.5, 0.6) is 0 Å². The van der Waals surface area contributed by atoms with Crippen LogP contribution in [0, 0.1) is 17.6 Å². The van der Waals surface area contributed by atoms with Crippen LogP contribution in [0.3, 0.4) is 0 Å². The number of carbonyl (C=O) groups is 1. The zero-order valence-electron chi connectivity index (χ0n) is 15.7. The predicted molar refractivity (Wildman–Crippen MR) is 104 cm³/mol. The highest BCUT2D eigenvalue weighted by atomic mass is 19.1. The molecule has 3 nitrogen and oxygen atoms in total. The molecule has 142 valence electrons. The lowest BCUT2D eigenvalue weighted by Crippen LogP contribution is -2.36. The molecular weight excluding hydrogens is 346 g/mol. The molecule has 3 aromatic rings. The fourth-order valence-electron chi connectivity index (χ4n) is 3.22. The van der Waals surface area contributed by atoms with Crippen molar-refractivity contribution in [1.29, 1.82) is 0 Å². The normalized spacial score (nSPS) is 13.7. The summed E-state index contributed by atoms with van der Waals surface area (Å²) < 4.78 is 28.0. The number of halogens is 2. The van der Waals surface area contributed by atoms with Gasteiger partial charge in [0.25, 0.3) is 0 Å². The maximum atomic E-state index is 14.6. The highest BCUT2D eigenvalue weighted by Crippen LogP contribution is 2.35. The first kappa shape index (κ1) is 19.1. The third-order valence-electron chi connectivity index (χ3n) is 5.11. The summed E-state index contributed by atoms with van der Waals surface area (Å²) in [5, 5.41) is 3.90. The number of nitrogens with one attached hydrogen (secondary N) is 2. The van der Waals surface area contributed by atoms with E-state index in [2.05, 4.69) is 10.3 Å². The second-order valence-corrected chi connectivity index (χ2v) is 7.31. The van der Waals surface area contributed by atoms with E-state index in [4.69, 9.17) is 0 Å². The van der Waals surface area contributed by atoms with E-state index in [1.54, 1.807) is 6.20 Å². The van der Waals surface area contributed by atoms with E-state index >= 15 is 0 Å². The number of benzene rings is 2. The summed E-state index contributed by atoms with van der Waals surface area (Å²) in [5.41, 5.74) is 2.05. The van der Waals surface area contributed by atoms with Gasteiger partial charge in [-0.25, -0.2) is 8.78 Å². The number of fused-ring (bicyclic) bond motifs is 1. The monoisotopic (exact) mass is 370 g/mol. The minimum Gasteiger partial charge on any atom is -0.361 e. The smallest absolute Gasteiger partial charge is 0.221 e. The van der Waals surface area contributed by atoms with Gasteiger partial charge in [-0.1, -0.05) is 38.1 Å². The second-order valence-electron chi connectivity index (χ2n) is 7.31. The molecule has 0 bridgehead atoms. The molecule has 2 aromatic carbocycles. The van der Waals surface area contributed by atoms with Crippen molar-refractivity contribution in [2.24, 2.45) is 5.92 Å². The van der Waals surface area contributed by atoms with Gasteiger partial charge in [-0.05, 0) is 36.1 Å². The standard InChI is InChI=1S/C22H24F2N2O/c1-13(2)14(3)26-22(27)11-18(16-9-8-15(23)10-20(16)24)19-12-25-21-7-5-4-6-17(19)21/h4-10,12-14,18,25H,11H2,1-3H3,(H,26,27)/t14-,18+/m0/s1. The number of para-hydroxylation sites is 1. The number of aromatic nitrogens is 1.